The van der Waals surface area contributed by atoms with Crippen molar-refractivity contribution >= 4 is 54.6 Å². The standard InChI is InChI=1S/C43H38N6O12S2.Na/c1-58-36-16-30-32(46-40(62(52,53)54)34-14-28(22-48(34)42(30)50)26-8-4-24(20-44)5-9-26)18-38(36)60-12-3-13-61-39-19-33-31(17-37(39)59-2)43(51)49-23-29(27-10-6-25(21-45)7-11-27)15-35(49)41(47-33)63(55,56)57;/h4-11,16-19,22-23,34-35,40-41,46-47H,3,12-15H2,1-2H3,(H,52,53,54)(H,55,56,57);/q;+1/t34-,35-,40?,41?;/m0./s1. The number of benzene rings is 4. The normalized spacial score (nSPS) is 19.8. The summed E-state index contributed by atoms with van der Waals surface area (Å²) in [5.74, 6) is -0.459. The van der Waals surface area contributed by atoms with Crippen LogP contribution in [0.2, 0.25) is 0 Å². The predicted molar refractivity (Wildman–Crippen MR) is 227 cm³/mol. The minimum absolute atomic E-state index is 0. The zero-order valence-corrected chi connectivity index (χ0v) is 38.1. The minimum atomic E-state index is -4.77. The van der Waals surface area contributed by atoms with E-state index in [1.54, 1.807) is 48.5 Å². The molecule has 0 bridgehead atoms. The molecular formula is C43H38N6NaO12S2+. The van der Waals surface area contributed by atoms with Gasteiger partial charge in [-0.25, -0.2) is 0 Å². The number of nitrogens with zero attached hydrogens (tertiary/aromatic N) is 4. The molecule has 0 fully saturated rings. The monoisotopic (exact) mass is 917 g/mol. The van der Waals surface area contributed by atoms with Crippen LogP contribution in [0, 0.1) is 22.7 Å². The molecule has 4 heterocycles. The minimum Gasteiger partial charge on any atom is -0.493 e. The number of hydrogen-bond donors (Lipinski definition) is 4. The fourth-order valence-electron chi connectivity index (χ4n) is 8.11. The Morgan fingerprint density at radius 1 is 0.641 bits per heavy atom. The number of nitrogens with one attached hydrogen (secondary N) is 2. The summed E-state index contributed by atoms with van der Waals surface area (Å²) in [5, 5.41) is 20.8. The summed E-state index contributed by atoms with van der Waals surface area (Å²) in [6, 6.07) is 20.9. The van der Waals surface area contributed by atoms with Crippen LogP contribution in [0.5, 0.6) is 23.0 Å². The van der Waals surface area contributed by atoms with Crippen LogP contribution in [0.25, 0.3) is 11.1 Å². The van der Waals surface area contributed by atoms with E-state index in [0.717, 1.165) is 0 Å². The second-order valence-corrected chi connectivity index (χ2v) is 18.0. The van der Waals surface area contributed by atoms with E-state index >= 15 is 0 Å². The average Bonchev–Trinajstić information content (AvgIpc) is 3.86. The fourth-order valence-corrected chi connectivity index (χ4v) is 9.91. The Bertz CT molecular complexity index is 2720. The number of hydrogen-bond acceptors (Lipinski definition) is 14. The number of carbonyl (C=O) groups is 2. The summed E-state index contributed by atoms with van der Waals surface area (Å²) >= 11 is 0. The van der Waals surface area contributed by atoms with Crippen LogP contribution < -0.4 is 59.1 Å². The fraction of sp³-hybridized carbons (Fsp3) is 0.256. The van der Waals surface area contributed by atoms with Crippen molar-refractivity contribution in [2.75, 3.05) is 38.1 Å². The molecule has 4 aliphatic heterocycles. The number of anilines is 2. The third-order valence-electron chi connectivity index (χ3n) is 11.2. The van der Waals surface area contributed by atoms with Crippen molar-refractivity contribution in [2.45, 2.75) is 42.1 Å². The molecule has 0 saturated carbocycles. The molecule has 324 valence electrons. The molecule has 0 aliphatic carbocycles. The summed E-state index contributed by atoms with van der Waals surface area (Å²) in [4.78, 5) is 30.5. The van der Waals surface area contributed by atoms with Crippen LogP contribution in [0.15, 0.2) is 85.2 Å². The maximum absolute atomic E-state index is 14.0. The Balaban J connectivity index is 0.00000612. The molecule has 18 nitrogen and oxygen atoms in total. The Hall–Kier alpha value is -6.10. The molecule has 4 aliphatic rings. The van der Waals surface area contributed by atoms with E-state index in [1.165, 1.54) is 60.7 Å². The zero-order chi connectivity index (χ0) is 44.8. The Morgan fingerprint density at radius 2 is 1.02 bits per heavy atom. The van der Waals surface area contributed by atoms with Crippen LogP contribution in [-0.2, 0) is 20.2 Å². The van der Waals surface area contributed by atoms with Crippen LogP contribution in [0.4, 0.5) is 11.4 Å². The van der Waals surface area contributed by atoms with Crippen molar-refractivity contribution in [1.29, 1.82) is 10.5 Å². The Labute approximate surface area is 390 Å². The first-order chi connectivity index (χ1) is 30.1. The van der Waals surface area contributed by atoms with Crippen molar-refractivity contribution in [3.63, 3.8) is 0 Å². The predicted octanol–water partition coefficient (Wildman–Crippen LogP) is 2.09. The third kappa shape index (κ3) is 8.86. The van der Waals surface area contributed by atoms with Gasteiger partial charge in [0.25, 0.3) is 32.1 Å². The van der Waals surface area contributed by atoms with Gasteiger partial charge < -0.3 is 39.4 Å². The largest absolute Gasteiger partial charge is 1.00 e. The molecule has 2 amide bonds. The van der Waals surface area contributed by atoms with E-state index in [0.29, 0.717) is 33.4 Å². The number of methoxy groups -OCH3 is 2. The van der Waals surface area contributed by atoms with E-state index < -0.39 is 54.9 Å². The van der Waals surface area contributed by atoms with Gasteiger partial charge in [0.1, 0.15) is 0 Å². The second-order valence-electron chi connectivity index (χ2n) is 15.0. The summed E-state index contributed by atoms with van der Waals surface area (Å²) in [5.41, 5.74) is 3.80. The van der Waals surface area contributed by atoms with Crippen LogP contribution in [0.1, 0.15) is 62.2 Å². The van der Waals surface area contributed by atoms with Gasteiger partial charge in [-0.1, -0.05) is 24.3 Å². The molecule has 8 rings (SSSR count). The van der Waals surface area contributed by atoms with Crippen molar-refractivity contribution in [2.24, 2.45) is 0 Å². The van der Waals surface area contributed by atoms with Gasteiger partial charge in [0, 0.05) is 31.0 Å². The van der Waals surface area contributed by atoms with Gasteiger partial charge in [-0.05, 0) is 71.5 Å². The maximum atomic E-state index is 14.0. The quantitative estimate of drug-likeness (QED) is 0.0901. The molecular weight excluding hydrogens is 880 g/mol. The second kappa shape index (κ2) is 18.2. The third-order valence-corrected chi connectivity index (χ3v) is 13.4. The average molecular weight is 918 g/mol. The first-order valence-corrected chi connectivity index (χ1v) is 22.4. The summed E-state index contributed by atoms with van der Waals surface area (Å²) < 4.78 is 95.0. The van der Waals surface area contributed by atoms with E-state index in [4.69, 9.17) is 18.9 Å². The first-order valence-electron chi connectivity index (χ1n) is 19.3. The number of fused-ring (bicyclic) bond motifs is 4. The van der Waals surface area contributed by atoms with Gasteiger partial charge in [0.2, 0.25) is 0 Å². The van der Waals surface area contributed by atoms with E-state index in [2.05, 4.69) is 10.6 Å². The smallest absolute Gasteiger partial charge is 0.493 e. The molecule has 0 radical (unpaired) electrons. The van der Waals surface area contributed by atoms with Gasteiger partial charge in [-0.2, -0.15) is 27.4 Å². The van der Waals surface area contributed by atoms with Gasteiger partial charge >= 0.3 is 29.6 Å². The van der Waals surface area contributed by atoms with E-state index in [1.807, 2.05) is 12.1 Å². The van der Waals surface area contributed by atoms with Gasteiger partial charge in [-0.3, -0.25) is 18.7 Å². The molecule has 0 spiro atoms. The molecule has 2 unspecified atom stereocenters. The van der Waals surface area contributed by atoms with E-state index in [9.17, 15) is 46.1 Å². The molecule has 4 aromatic rings. The van der Waals surface area contributed by atoms with Gasteiger partial charge in [0.15, 0.2) is 33.7 Å². The molecule has 0 saturated heterocycles. The van der Waals surface area contributed by atoms with Gasteiger partial charge in [0.05, 0.1) is 85.3 Å². The molecule has 64 heavy (non-hydrogen) atoms. The number of ether oxygens (including phenoxy) is 4. The van der Waals surface area contributed by atoms with Crippen molar-refractivity contribution in [1.82, 2.24) is 9.80 Å². The Morgan fingerprint density at radius 3 is 1.34 bits per heavy atom. The number of nitriles is 2. The number of carbonyl (C=O) groups excluding carboxylic acids is 2. The van der Waals surface area contributed by atoms with Crippen molar-refractivity contribution in [3.05, 3.63) is 119 Å². The first kappa shape index (κ1) is 45.9. The van der Waals surface area contributed by atoms with Crippen LogP contribution >= 0.6 is 0 Å². The zero-order valence-electron chi connectivity index (χ0n) is 34.5. The van der Waals surface area contributed by atoms with E-state index in [-0.39, 0.29) is 108 Å². The summed E-state index contributed by atoms with van der Waals surface area (Å²) in [7, 11) is -6.79. The van der Waals surface area contributed by atoms with Crippen molar-refractivity contribution < 1.29 is 84.0 Å². The maximum Gasteiger partial charge on any atom is 1.00 e. The SMILES string of the molecule is COc1cc2c(cc1OCCCOc1cc3c(cc1OC)C(=O)N1C=C(c4ccc(C#N)cc4)C[C@H]1C(S(=O)(=O)O)N3)NC(S(=O)(=O)O)[C@@H]1CC(c3ccc(C#N)cc3)=CN1C2=O.[Na+]. The topological polar surface area (TPSA) is 258 Å². The van der Waals surface area contributed by atoms with Gasteiger partial charge in [-0.15, -0.1) is 0 Å². The summed E-state index contributed by atoms with van der Waals surface area (Å²) in [6.45, 7) is 0.0469. The number of rotatable bonds is 12. The Kier molecular flexibility index (Phi) is 13.0. The molecule has 4 aromatic carbocycles. The summed E-state index contributed by atoms with van der Waals surface area (Å²) in [6.07, 6.45) is 3.50. The van der Waals surface area contributed by atoms with Crippen molar-refractivity contribution in [3.8, 4) is 35.1 Å². The molecule has 21 heteroatoms. The molecule has 4 atom stereocenters. The van der Waals surface area contributed by atoms with Crippen LogP contribution in [0.3, 0.4) is 0 Å². The number of amides is 2. The van der Waals surface area contributed by atoms with Crippen LogP contribution in [-0.4, -0.2) is 97.8 Å². The molecule has 0 aromatic heterocycles. The molecule has 4 N–H and O–H groups in total.